The highest BCUT2D eigenvalue weighted by molar-refractivity contribution is 7.15. The lowest BCUT2D eigenvalue weighted by molar-refractivity contribution is -0.117. The van der Waals surface area contributed by atoms with E-state index in [1.807, 2.05) is 54.0 Å². The van der Waals surface area contributed by atoms with Gasteiger partial charge >= 0.3 is 0 Å². The number of ether oxygens (including phenoxy) is 4. The largest absolute Gasteiger partial charge is 0.491 e. The first-order valence-corrected chi connectivity index (χ1v) is 22.3. The van der Waals surface area contributed by atoms with Crippen LogP contribution in [0, 0.1) is 20.8 Å². The summed E-state index contributed by atoms with van der Waals surface area (Å²) in [5, 5.41) is 19.5. The highest BCUT2D eigenvalue weighted by atomic mass is 35.5. The maximum Gasteiger partial charge on any atom is 0.249 e. The fraction of sp³-hybridized carbons (Fsp3) is 0.298. The lowest BCUT2D eigenvalue weighted by atomic mass is 9.98. The molecular weight excluding hydrogens is 870 g/mol. The number of halogens is 1. The number of carbonyl (C=O) groups is 3. The Balaban J connectivity index is 0.714. The monoisotopic (exact) mass is 917 g/mol. The molecule has 0 saturated heterocycles. The van der Waals surface area contributed by atoms with Gasteiger partial charge in [-0.2, -0.15) is 0 Å². The molecule has 2 aliphatic heterocycles. The summed E-state index contributed by atoms with van der Waals surface area (Å²) in [4.78, 5) is 48.3. The zero-order valence-electron chi connectivity index (χ0n) is 36.1. The highest BCUT2D eigenvalue weighted by Crippen LogP contribution is 2.40. The smallest absolute Gasteiger partial charge is 0.249 e. The molecule has 0 radical (unpaired) electrons. The molecule has 0 fully saturated rings. The van der Waals surface area contributed by atoms with Crippen molar-refractivity contribution in [2.24, 2.45) is 10.7 Å². The minimum absolute atomic E-state index is 0.0598. The van der Waals surface area contributed by atoms with Crippen molar-refractivity contribution in [3.05, 3.63) is 128 Å². The number of pyridine rings is 1. The molecule has 3 amide bonds. The number of hydrogen-bond donors (Lipinski definition) is 4. The van der Waals surface area contributed by atoms with Gasteiger partial charge in [0.2, 0.25) is 17.7 Å². The summed E-state index contributed by atoms with van der Waals surface area (Å²) in [6, 6.07) is 21.3. The van der Waals surface area contributed by atoms with Crippen LogP contribution in [0.25, 0.3) is 16.1 Å². The van der Waals surface area contributed by atoms with Crippen molar-refractivity contribution in [2.45, 2.75) is 39.7 Å². The normalized spacial score (nSPS) is 13.9. The Morgan fingerprint density at radius 2 is 1.60 bits per heavy atom. The molecule has 5 heterocycles. The van der Waals surface area contributed by atoms with Crippen LogP contribution in [0.5, 0.6) is 5.75 Å². The minimum atomic E-state index is -0.581. The molecule has 6 aromatic rings. The molecule has 336 valence electrons. The number of primary amides is 1. The molecular formula is C47H48ClN9O7S. The topological polar surface area (TPSA) is 206 Å². The maximum absolute atomic E-state index is 13.5. The summed E-state index contributed by atoms with van der Waals surface area (Å²) in [5.74, 6) is 1.63. The molecule has 5 N–H and O–H groups in total. The zero-order chi connectivity index (χ0) is 45.5. The van der Waals surface area contributed by atoms with E-state index in [9.17, 15) is 14.4 Å². The quantitative estimate of drug-likeness (QED) is 0.0573. The van der Waals surface area contributed by atoms with E-state index in [4.69, 9.17) is 41.3 Å². The van der Waals surface area contributed by atoms with Crippen molar-refractivity contribution >= 4 is 63.6 Å². The van der Waals surface area contributed by atoms with Crippen LogP contribution in [0.3, 0.4) is 0 Å². The van der Waals surface area contributed by atoms with Crippen molar-refractivity contribution in [1.29, 1.82) is 0 Å². The number of benzene rings is 3. The number of thiophene rings is 1. The van der Waals surface area contributed by atoms with Crippen molar-refractivity contribution in [3.8, 4) is 21.9 Å². The third-order valence-corrected chi connectivity index (χ3v) is 12.3. The van der Waals surface area contributed by atoms with Crippen LogP contribution in [0.15, 0.2) is 84.0 Å². The molecule has 3 aromatic heterocycles. The number of aryl methyl sites for hydroxylation is 2. The van der Waals surface area contributed by atoms with Crippen LogP contribution in [0.4, 0.5) is 17.2 Å². The van der Waals surface area contributed by atoms with Gasteiger partial charge < -0.3 is 40.6 Å². The Morgan fingerprint density at radius 1 is 0.892 bits per heavy atom. The molecule has 2 aliphatic rings. The molecule has 8 rings (SSSR count). The van der Waals surface area contributed by atoms with Crippen molar-refractivity contribution in [3.63, 3.8) is 0 Å². The minimum Gasteiger partial charge on any atom is -0.491 e. The van der Waals surface area contributed by atoms with Crippen LogP contribution in [0.2, 0.25) is 5.02 Å². The predicted molar refractivity (Wildman–Crippen MR) is 250 cm³/mol. The predicted octanol–water partition coefficient (Wildman–Crippen LogP) is 7.02. The molecule has 1 atom stereocenters. The van der Waals surface area contributed by atoms with Gasteiger partial charge in [0.15, 0.2) is 5.82 Å². The zero-order valence-corrected chi connectivity index (χ0v) is 37.7. The Kier molecular flexibility index (Phi) is 14.3. The summed E-state index contributed by atoms with van der Waals surface area (Å²) in [7, 11) is 0. The molecule has 0 aliphatic carbocycles. The Morgan fingerprint density at radius 3 is 2.34 bits per heavy atom. The second-order valence-electron chi connectivity index (χ2n) is 15.4. The molecule has 0 saturated carbocycles. The van der Waals surface area contributed by atoms with E-state index in [1.165, 1.54) is 4.88 Å². The maximum atomic E-state index is 13.5. The van der Waals surface area contributed by atoms with Gasteiger partial charge in [0.1, 0.15) is 35.0 Å². The van der Waals surface area contributed by atoms with Crippen molar-refractivity contribution in [2.75, 3.05) is 68.7 Å². The van der Waals surface area contributed by atoms with Crippen LogP contribution >= 0.6 is 22.9 Å². The third-order valence-electron chi connectivity index (χ3n) is 10.9. The average molecular weight is 918 g/mol. The average Bonchev–Trinajstić information content (AvgIpc) is 3.93. The summed E-state index contributed by atoms with van der Waals surface area (Å²) >= 11 is 7.90. The molecule has 65 heavy (non-hydrogen) atoms. The Hall–Kier alpha value is -6.50. The third kappa shape index (κ3) is 10.7. The number of amides is 3. The van der Waals surface area contributed by atoms with Gasteiger partial charge in [0, 0.05) is 50.7 Å². The standard InChI is InChI=1S/C47H48ClN9O7S/c1-27-28(2)65-47-43(27)44(30-4-7-33(48)8-5-30)54-39(46-56-55-29(3)57(46)47)25-42(59)52-34-9-11-35(12-10-34)64-21-20-63-19-18-62-17-16-61-15-14-50-40-24-36(45(49)60)37(26-51-40)31-6-13-38-32(22-31)23-41(58)53-38/h4-13,22,24,26,39H,14-21,23,25H2,1-3H3,(H2,49,60)(H,50,51)(H,52,59)(H,53,58)/t39-/m0/s1. The van der Waals surface area contributed by atoms with E-state index in [-0.39, 0.29) is 18.2 Å². The van der Waals surface area contributed by atoms with Crippen molar-refractivity contribution in [1.82, 2.24) is 19.7 Å². The van der Waals surface area contributed by atoms with E-state index >= 15 is 0 Å². The van der Waals surface area contributed by atoms with Crippen molar-refractivity contribution < 1.29 is 33.3 Å². The number of fused-ring (bicyclic) bond motifs is 4. The number of anilines is 3. The Labute approximate surface area is 384 Å². The van der Waals surface area contributed by atoms with Gasteiger partial charge in [0.25, 0.3) is 0 Å². The molecule has 0 bridgehead atoms. The number of aliphatic imine (C=N–C) groups is 1. The molecule has 3 aromatic carbocycles. The fourth-order valence-electron chi connectivity index (χ4n) is 7.55. The molecule has 0 unspecified atom stereocenters. The SMILES string of the molecule is Cc1sc2c(c1C)C(c1ccc(Cl)cc1)=N[C@@H](CC(=O)Nc1ccc(OCCOCCOCCOCCNc3cc(C(N)=O)c(-c4ccc5c(c4)CC(=O)N5)cn3)cc1)c1nnc(C)n1-2. The number of nitrogens with one attached hydrogen (secondary N) is 3. The number of aromatic nitrogens is 4. The number of hydrogen-bond acceptors (Lipinski definition) is 13. The fourth-order valence-corrected chi connectivity index (χ4v) is 8.89. The van der Waals surface area contributed by atoms with Gasteiger partial charge in [-0.15, -0.1) is 21.5 Å². The first-order chi connectivity index (χ1) is 31.5. The second kappa shape index (κ2) is 20.6. The summed E-state index contributed by atoms with van der Waals surface area (Å²) < 4.78 is 24.8. The lowest BCUT2D eigenvalue weighted by Crippen LogP contribution is -2.17. The van der Waals surface area contributed by atoms with Gasteiger partial charge in [-0.3, -0.25) is 23.9 Å². The number of nitrogens with zero attached hydrogens (tertiary/aromatic N) is 5. The van der Waals surface area contributed by atoms with E-state index < -0.39 is 11.9 Å². The number of carbonyl (C=O) groups excluding carboxylic acids is 3. The van der Waals surface area contributed by atoms with Crippen LogP contribution in [-0.2, 0) is 30.2 Å². The molecule has 0 spiro atoms. The second-order valence-corrected chi connectivity index (χ2v) is 17.0. The lowest BCUT2D eigenvalue weighted by Gasteiger charge is -2.13. The van der Waals surface area contributed by atoms with Crippen LogP contribution in [-0.4, -0.2) is 96.0 Å². The first-order valence-electron chi connectivity index (χ1n) is 21.1. The van der Waals surface area contributed by atoms with E-state index in [0.29, 0.717) is 98.4 Å². The number of nitrogens with two attached hydrogens (primary N) is 1. The van der Waals surface area contributed by atoms with Gasteiger partial charge in [-0.1, -0.05) is 29.8 Å². The summed E-state index contributed by atoms with van der Waals surface area (Å²) in [6.07, 6.45) is 1.95. The van der Waals surface area contributed by atoms with Crippen LogP contribution < -0.4 is 26.4 Å². The van der Waals surface area contributed by atoms with Gasteiger partial charge in [0.05, 0.1) is 63.8 Å². The Bertz CT molecular complexity index is 2740. The van der Waals surface area contributed by atoms with Gasteiger partial charge in [-0.05, 0) is 92.1 Å². The van der Waals surface area contributed by atoms with Crippen LogP contribution in [0.1, 0.15) is 61.6 Å². The van der Waals surface area contributed by atoms with E-state index in [1.54, 1.807) is 47.9 Å². The van der Waals surface area contributed by atoms with Gasteiger partial charge in [-0.25, -0.2) is 4.98 Å². The summed E-state index contributed by atoms with van der Waals surface area (Å²) in [5.41, 5.74) is 13.5. The first kappa shape index (κ1) is 45.1. The summed E-state index contributed by atoms with van der Waals surface area (Å²) in [6.45, 7) is 9.27. The molecule has 16 nitrogen and oxygen atoms in total. The van der Waals surface area contributed by atoms with E-state index in [2.05, 4.69) is 45.0 Å². The number of rotatable bonds is 20. The molecule has 18 heteroatoms. The van der Waals surface area contributed by atoms with E-state index in [0.717, 1.165) is 50.0 Å². The highest BCUT2D eigenvalue weighted by Gasteiger charge is 2.32.